The summed E-state index contributed by atoms with van der Waals surface area (Å²) in [6.07, 6.45) is 1.42. The molecule has 0 radical (unpaired) electrons. The van der Waals surface area contributed by atoms with Gasteiger partial charge in [-0.25, -0.2) is 4.79 Å². The monoisotopic (exact) mass is 319 g/mol. The van der Waals surface area contributed by atoms with Gasteiger partial charge in [0, 0.05) is 17.7 Å². The molecule has 1 heterocycles. The molecule has 1 N–H and O–H groups in total. The summed E-state index contributed by atoms with van der Waals surface area (Å²) in [7, 11) is 4.16. The van der Waals surface area contributed by atoms with Crippen molar-refractivity contribution in [1.29, 1.82) is 0 Å². The first-order valence-corrected chi connectivity index (χ1v) is 6.71. The molecule has 2 rings (SSSR count). The number of furan rings is 1. The lowest BCUT2D eigenvalue weighted by atomic mass is 10.1. The fourth-order valence-electron chi connectivity index (χ4n) is 2.05. The Morgan fingerprint density at radius 2 is 1.74 bits per heavy atom. The Labute approximate surface area is 133 Å². The Morgan fingerprint density at radius 3 is 2.26 bits per heavy atom. The third-order valence-corrected chi connectivity index (χ3v) is 3.25. The quantitative estimate of drug-likeness (QED) is 0.853. The standard InChI is InChI=1S/C16H17NO6/c1-9-5-6-23-14(9)15(18)17-11-8-13(21-3)12(20-2)7-10(11)16(19)22-4/h5-8H,1-4H3,(H,17,18). The second-order valence-electron chi connectivity index (χ2n) is 4.63. The van der Waals surface area contributed by atoms with Crippen LogP contribution < -0.4 is 14.8 Å². The van der Waals surface area contributed by atoms with E-state index in [-0.39, 0.29) is 17.0 Å². The van der Waals surface area contributed by atoms with Crippen molar-refractivity contribution in [1.82, 2.24) is 0 Å². The molecule has 1 amide bonds. The van der Waals surface area contributed by atoms with E-state index in [9.17, 15) is 9.59 Å². The van der Waals surface area contributed by atoms with Crippen LogP contribution in [0.25, 0.3) is 0 Å². The Kier molecular flexibility index (Phi) is 4.90. The summed E-state index contributed by atoms with van der Waals surface area (Å²) in [5, 5.41) is 2.63. The fourth-order valence-corrected chi connectivity index (χ4v) is 2.05. The maximum atomic E-state index is 12.3. The van der Waals surface area contributed by atoms with Crippen LogP contribution in [0.4, 0.5) is 5.69 Å². The van der Waals surface area contributed by atoms with Crippen LogP contribution in [-0.4, -0.2) is 33.2 Å². The van der Waals surface area contributed by atoms with Crippen LogP contribution in [0.1, 0.15) is 26.5 Å². The molecule has 0 aliphatic heterocycles. The first kappa shape index (κ1) is 16.4. The molecular formula is C16H17NO6. The van der Waals surface area contributed by atoms with E-state index in [2.05, 4.69) is 5.32 Å². The molecule has 0 saturated carbocycles. The largest absolute Gasteiger partial charge is 0.493 e. The van der Waals surface area contributed by atoms with Gasteiger partial charge in [0.15, 0.2) is 17.3 Å². The number of hydrogen-bond donors (Lipinski definition) is 1. The van der Waals surface area contributed by atoms with Crippen molar-refractivity contribution in [2.24, 2.45) is 0 Å². The molecule has 1 aromatic carbocycles. The number of benzene rings is 1. The first-order chi connectivity index (χ1) is 11.0. The Balaban J connectivity index is 2.45. The topological polar surface area (TPSA) is 87.0 Å². The minimum absolute atomic E-state index is 0.141. The zero-order chi connectivity index (χ0) is 17.0. The highest BCUT2D eigenvalue weighted by atomic mass is 16.5. The second kappa shape index (κ2) is 6.87. The molecule has 0 aliphatic rings. The van der Waals surface area contributed by atoms with Gasteiger partial charge < -0.3 is 23.9 Å². The average Bonchev–Trinajstić information content (AvgIpc) is 2.99. The SMILES string of the molecule is COC(=O)c1cc(OC)c(OC)cc1NC(=O)c1occc1C. The van der Waals surface area contributed by atoms with Crippen molar-refractivity contribution in [3.05, 3.63) is 41.3 Å². The fraction of sp³-hybridized carbons (Fsp3) is 0.250. The Morgan fingerprint density at radius 1 is 1.09 bits per heavy atom. The minimum atomic E-state index is -0.614. The number of rotatable bonds is 5. The van der Waals surface area contributed by atoms with Gasteiger partial charge in [0.1, 0.15) is 0 Å². The van der Waals surface area contributed by atoms with Crippen molar-refractivity contribution in [2.45, 2.75) is 6.92 Å². The molecule has 2 aromatic rings. The summed E-state index contributed by atoms with van der Waals surface area (Å²) in [5.74, 6) is -0.218. The highest BCUT2D eigenvalue weighted by molar-refractivity contribution is 6.07. The molecule has 23 heavy (non-hydrogen) atoms. The number of methoxy groups -OCH3 is 3. The van der Waals surface area contributed by atoms with Crippen LogP contribution in [-0.2, 0) is 4.74 Å². The summed E-state index contributed by atoms with van der Waals surface area (Å²) in [6.45, 7) is 1.74. The lowest BCUT2D eigenvalue weighted by Gasteiger charge is -2.14. The van der Waals surface area contributed by atoms with Crippen LogP contribution in [0.5, 0.6) is 11.5 Å². The number of amides is 1. The summed E-state index contributed by atoms with van der Waals surface area (Å²) in [5.41, 5.74) is 1.06. The molecule has 0 fully saturated rings. The predicted octanol–water partition coefficient (Wildman–Crippen LogP) is 2.64. The van der Waals surface area contributed by atoms with E-state index in [1.54, 1.807) is 13.0 Å². The summed E-state index contributed by atoms with van der Waals surface area (Å²) in [4.78, 5) is 24.2. The van der Waals surface area contributed by atoms with Crippen molar-refractivity contribution in [3.8, 4) is 11.5 Å². The number of hydrogen-bond acceptors (Lipinski definition) is 6. The van der Waals surface area contributed by atoms with Crippen molar-refractivity contribution >= 4 is 17.6 Å². The van der Waals surface area contributed by atoms with Gasteiger partial charge >= 0.3 is 5.97 Å². The lowest BCUT2D eigenvalue weighted by Crippen LogP contribution is -2.16. The average molecular weight is 319 g/mol. The molecule has 0 spiro atoms. The summed E-state index contributed by atoms with van der Waals surface area (Å²) in [6, 6.07) is 4.60. The van der Waals surface area contributed by atoms with Gasteiger partial charge in [-0.05, 0) is 13.0 Å². The number of anilines is 1. The van der Waals surface area contributed by atoms with E-state index in [0.717, 1.165) is 0 Å². The van der Waals surface area contributed by atoms with Gasteiger partial charge in [-0.2, -0.15) is 0 Å². The summed E-state index contributed by atoms with van der Waals surface area (Å²) >= 11 is 0. The number of carbonyl (C=O) groups is 2. The van der Waals surface area contributed by atoms with Gasteiger partial charge in [0.25, 0.3) is 5.91 Å². The van der Waals surface area contributed by atoms with Gasteiger partial charge in [-0.15, -0.1) is 0 Å². The van der Waals surface area contributed by atoms with E-state index in [4.69, 9.17) is 18.6 Å². The smallest absolute Gasteiger partial charge is 0.340 e. The predicted molar refractivity (Wildman–Crippen MR) is 82.3 cm³/mol. The third-order valence-electron chi connectivity index (χ3n) is 3.25. The molecule has 7 nitrogen and oxygen atoms in total. The number of ether oxygens (including phenoxy) is 3. The number of esters is 1. The van der Waals surface area contributed by atoms with Crippen LogP contribution in [0.15, 0.2) is 28.9 Å². The molecule has 7 heteroatoms. The highest BCUT2D eigenvalue weighted by Gasteiger charge is 2.21. The van der Waals surface area contributed by atoms with Crippen molar-refractivity contribution in [2.75, 3.05) is 26.6 Å². The molecular weight excluding hydrogens is 302 g/mol. The van der Waals surface area contributed by atoms with Crippen LogP contribution in [0, 0.1) is 6.92 Å². The first-order valence-electron chi connectivity index (χ1n) is 6.71. The highest BCUT2D eigenvalue weighted by Crippen LogP contribution is 2.34. The van der Waals surface area contributed by atoms with Crippen molar-refractivity contribution in [3.63, 3.8) is 0 Å². The molecule has 0 aliphatic carbocycles. The van der Waals surface area contributed by atoms with E-state index in [0.29, 0.717) is 17.1 Å². The normalized spacial score (nSPS) is 10.1. The van der Waals surface area contributed by atoms with Crippen LogP contribution in [0.2, 0.25) is 0 Å². The summed E-state index contributed by atoms with van der Waals surface area (Å²) < 4.78 is 20.2. The molecule has 0 saturated heterocycles. The molecule has 122 valence electrons. The second-order valence-corrected chi connectivity index (χ2v) is 4.63. The molecule has 0 bridgehead atoms. The zero-order valence-electron chi connectivity index (χ0n) is 13.3. The third kappa shape index (κ3) is 3.28. The van der Waals surface area contributed by atoms with Gasteiger partial charge in [-0.3, -0.25) is 4.79 Å². The van der Waals surface area contributed by atoms with Gasteiger partial charge in [0.2, 0.25) is 0 Å². The Bertz CT molecular complexity index is 734. The Hall–Kier alpha value is -2.96. The number of carbonyl (C=O) groups excluding carboxylic acids is 2. The molecule has 0 unspecified atom stereocenters. The zero-order valence-corrected chi connectivity index (χ0v) is 13.3. The van der Waals surface area contributed by atoms with Gasteiger partial charge in [-0.1, -0.05) is 0 Å². The van der Waals surface area contributed by atoms with E-state index in [1.807, 2.05) is 0 Å². The van der Waals surface area contributed by atoms with Crippen molar-refractivity contribution < 1.29 is 28.2 Å². The maximum Gasteiger partial charge on any atom is 0.340 e. The van der Waals surface area contributed by atoms with Crippen LogP contribution >= 0.6 is 0 Å². The van der Waals surface area contributed by atoms with E-state index >= 15 is 0 Å². The number of nitrogens with one attached hydrogen (secondary N) is 1. The van der Waals surface area contributed by atoms with Gasteiger partial charge in [0.05, 0.1) is 38.8 Å². The van der Waals surface area contributed by atoms with Crippen LogP contribution in [0.3, 0.4) is 0 Å². The lowest BCUT2D eigenvalue weighted by molar-refractivity contribution is 0.0601. The maximum absolute atomic E-state index is 12.3. The van der Waals surface area contributed by atoms with E-state index < -0.39 is 11.9 Å². The number of aryl methyl sites for hydroxylation is 1. The minimum Gasteiger partial charge on any atom is -0.493 e. The molecule has 1 aromatic heterocycles. The van der Waals surface area contributed by atoms with E-state index in [1.165, 1.54) is 39.7 Å². The molecule has 0 atom stereocenters.